The highest BCUT2D eigenvalue weighted by Crippen LogP contribution is 2.45. The summed E-state index contributed by atoms with van der Waals surface area (Å²) in [5.74, 6) is -3.08. The molecular formula is C37H60O10. The molecule has 0 aromatic heterocycles. The minimum atomic E-state index is -0.479. The summed E-state index contributed by atoms with van der Waals surface area (Å²) in [4.78, 5) is 51.2. The average molecular weight is 665 g/mol. The van der Waals surface area contributed by atoms with E-state index in [1.165, 1.54) is 0 Å². The standard InChI is InChI=1S/C37H60O10/c1-3-5-7-14-18-42-34(38)26-22-30-32(46-30)24-28(26)36(40)44-20-16-12-10-9-11-13-17-21-45-37(41)29-25-33-31(47-33)23-27(29)35(39)43-19-15-8-6-4-2/h26-33H,3-25H2,1-2H3. The minimum Gasteiger partial charge on any atom is -0.465 e. The zero-order valence-corrected chi connectivity index (χ0v) is 29.0. The van der Waals surface area contributed by atoms with Crippen LogP contribution in [0, 0.1) is 23.7 Å². The summed E-state index contributed by atoms with van der Waals surface area (Å²) in [6, 6.07) is 0. The van der Waals surface area contributed by atoms with E-state index in [0.717, 1.165) is 96.3 Å². The van der Waals surface area contributed by atoms with Crippen LogP contribution >= 0.6 is 0 Å². The number of epoxide rings is 2. The predicted molar refractivity (Wildman–Crippen MR) is 174 cm³/mol. The van der Waals surface area contributed by atoms with Gasteiger partial charge in [-0.25, -0.2) is 0 Å². The maximum Gasteiger partial charge on any atom is 0.309 e. The fraction of sp³-hybridized carbons (Fsp3) is 0.892. The first-order valence-corrected chi connectivity index (χ1v) is 18.9. The second-order valence-corrected chi connectivity index (χ2v) is 14.1. The quantitative estimate of drug-likeness (QED) is 0.0479. The van der Waals surface area contributed by atoms with Crippen molar-refractivity contribution in [1.82, 2.24) is 0 Å². The third-order valence-electron chi connectivity index (χ3n) is 10.3. The molecule has 0 aromatic rings. The third-order valence-corrected chi connectivity index (χ3v) is 10.3. The number of fused-ring (bicyclic) bond motifs is 2. The van der Waals surface area contributed by atoms with Crippen molar-refractivity contribution in [3.63, 3.8) is 0 Å². The fourth-order valence-corrected chi connectivity index (χ4v) is 7.15. The van der Waals surface area contributed by atoms with Gasteiger partial charge in [0.05, 0.1) is 74.5 Å². The Bertz CT molecular complexity index is 908. The van der Waals surface area contributed by atoms with Gasteiger partial charge < -0.3 is 28.4 Å². The van der Waals surface area contributed by atoms with Gasteiger partial charge in [0.15, 0.2) is 0 Å². The van der Waals surface area contributed by atoms with Gasteiger partial charge in [-0.3, -0.25) is 19.2 Å². The Hall–Kier alpha value is -2.20. The maximum atomic E-state index is 12.9. The molecule has 2 saturated carbocycles. The molecule has 4 rings (SSSR count). The highest BCUT2D eigenvalue weighted by molar-refractivity contribution is 5.83. The summed E-state index contributed by atoms with van der Waals surface area (Å²) in [5.41, 5.74) is 0. The van der Waals surface area contributed by atoms with Gasteiger partial charge in [-0.1, -0.05) is 84.5 Å². The molecule has 0 bridgehead atoms. The number of carbonyl (C=O) groups excluding carboxylic acids is 4. The number of unbranched alkanes of at least 4 members (excludes halogenated alkanes) is 12. The van der Waals surface area contributed by atoms with Gasteiger partial charge in [-0.15, -0.1) is 0 Å². The molecule has 0 spiro atoms. The molecule has 0 radical (unpaired) electrons. The van der Waals surface area contributed by atoms with Gasteiger partial charge >= 0.3 is 23.9 Å². The van der Waals surface area contributed by atoms with E-state index < -0.39 is 23.7 Å². The first-order chi connectivity index (χ1) is 22.9. The van der Waals surface area contributed by atoms with Crippen molar-refractivity contribution in [3.05, 3.63) is 0 Å². The smallest absolute Gasteiger partial charge is 0.309 e. The lowest BCUT2D eigenvalue weighted by molar-refractivity contribution is -0.162. The van der Waals surface area contributed by atoms with Crippen LogP contribution in [0.5, 0.6) is 0 Å². The molecule has 0 amide bonds. The summed E-state index contributed by atoms with van der Waals surface area (Å²) in [5, 5.41) is 0. The van der Waals surface area contributed by atoms with Crippen molar-refractivity contribution in [2.45, 2.75) is 160 Å². The van der Waals surface area contributed by atoms with Crippen molar-refractivity contribution in [3.8, 4) is 0 Å². The summed E-state index contributed by atoms with van der Waals surface area (Å²) in [6.07, 6.45) is 17.4. The molecular weight excluding hydrogens is 604 g/mol. The van der Waals surface area contributed by atoms with Crippen LogP contribution < -0.4 is 0 Å². The van der Waals surface area contributed by atoms with E-state index in [2.05, 4.69) is 13.8 Å². The second kappa shape index (κ2) is 20.3. The minimum absolute atomic E-state index is 0.0719. The van der Waals surface area contributed by atoms with E-state index in [1.54, 1.807) is 0 Å². The molecule has 10 heteroatoms. The molecule has 2 aliphatic heterocycles. The summed E-state index contributed by atoms with van der Waals surface area (Å²) in [6.45, 7) is 5.83. The van der Waals surface area contributed by atoms with Crippen LogP contribution in [0.25, 0.3) is 0 Å². The van der Waals surface area contributed by atoms with Gasteiger partial charge in [-0.2, -0.15) is 0 Å². The number of hydrogen-bond donors (Lipinski definition) is 0. The molecule has 2 heterocycles. The molecule has 10 nitrogen and oxygen atoms in total. The van der Waals surface area contributed by atoms with Gasteiger partial charge in [0.25, 0.3) is 0 Å². The largest absolute Gasteiger partial charge is 0.465 e. The van der Waals surface area contributed by atoms with E-state index in [0.29, 0.717) is 52.1 Å². The van der Waals surface area contributed by atoms with Crippen LogP contribution in [0.1, 0.15) is 136 Å². The predicted octanol–water partition coefficient (Wildman–Crippen LogP) is 6.64. The molecule has 268 valence electrons. The average Bonchev–Trinajstić information content (AvgIpc) is 4.00. The number of hydrogen-bond acceptors (Lipinski definition) is 10. The maximum absolute atomic E-state index is 12.9. The van der Waals surface area contributed by atoms with Crippen molar-refractivity contribution in [1.29, 1.82) is 0 Å². The highest BCUT2D eigenvalue weighted by Gasteiger charge is 2.54. The Labute approximate surface area is 281 Å². The molecule has 2 aliphatic carbocycles. The first-order valence-electron chi connectivity index (χ1n) is 18.9. The van der Waals surface area contributed by atoms with Crippen LogP contribution in [0.15, 0.2) is 0 Å². The fourth-order valence-electron chi connectivity index (χ4n) is 7.15. The van der Waals surface area contributed by atoms with Crippen LogP contribution in [0.3, 0.4) is 0 Å². The van der Waals surface area contributed by atoms with Gasteiger partial charge in [-0.05, 0) is 51.4 Å². The molecule has 8 unspecified atom stereocenters. The van der Waals surface area contributed by atoms with Crippen LogP contribution in [0.4, 0.5) is 0 Å². The number of carbonyl (C=O) groups is 4. The van der Waals surface area contributed by atoms with Crippen molar-refractivity contribution in [2.24, 2.45) is 23.7 Å². The van der Waals surface area contributed by atoms with E-state index >= 15 is 0 Å². The number of rotatable bonds is 24. The van der Waals surface area contributed by atoms with Crippen LogP contribution in [0.2, 0.25) is 0 Å². The van der Waals surface area contributed by atoms with Crippen molar-refractivity contribution < 1.29 is 47.6 Å². The number of esters is 4. The number of ether oxygens (including phenoxy) is 6. The molecule has 2 saturated heterocycles. The van der Waals surface area contributed by atoms with Gasteiger partial charge in [0.1, 0.15) is 0 Å². The van der Waals surface area contributed by atoms with E-state index in [-0.39, 0.29) is 48.3 Å². The second-order valence-electron chi connectivity index (χ2n) is 14.1. The zero-order valence-electron chi connectivity index (χ0n) is 29.0. The SMILES string of the molecule is CCCCCCOC(=O)C1CC2OC2CC1C(=O)OCCCCCCCCCOC(=O)C1CC2OC2CC1C(=O)OCCCCCC. The lowest BCUT2D eigenvalue weighted by atomic mass is 9.79. The molecule has 4 aliphatic rings. The molecule has 8 atom stereocenters. The summed E-state index contributed by atoms with van der Waals surface area (Å²) >= 11 is 0. The lowest BCUT2D eigenvalue weighted by Gasteiger charge is -2.26. The molecule has 4 fully saturated rings. The van der Waals surface area contributed by atoms with Crippen LogP contribution in [-0.2, 0) is 47.6 Å². The van der Waals surface area contributed by atoms with E-state index in [4.69, 9.17) is 28.4 Å². The third kappa shape index (κ3) is 12.6. The normalized spacial score (nSPS) is 28.8. The Morgan fingerprint density at radius 1 is 0.404 bits per heavy atom. The Kier molecular flexibility index (Phi) is 16.3. The molecule has 0 aromatic carbocycles. The van der Waals surface area contributed by atoms with Crippen LogP contribution in [-0.4, -0.2) is 74.7 Å². The van der Waals surface area contributed by atoms with Crippen molar-refractivity contribution in [2.75, 3.05) is 26.4 Å². The Morgan fingerprint density at radius 3 is 0.894 bits per heavy atom. The zero-order chi connectivity index (χ0) is 33.4. The Balaban J connectivity index is 1.01. The highest BCUT2D eigenvalue weighted by atomic mass is 16.6. The monoisotopic (exact) mass is 664 g/mol. The Morgan fingerprint density at radius 2 is 0.638 bits per heavy atom. The topological polar surface area (TPSA) is 130 Å². The van der Waals surface area contributed by atoms with E-state index in [1.807, 2.05) is 0 Å². The summed E-state index contributed by atoms with van der Waals surface area (Å²) in [7, 11) is 0. The van der Waals surface area contributed by atoms with Gasteiger partial charge in [0.2, 0.25) is 0 Å². The van der Waals surface area contributed by atoms with Crippen molar-refractivity contribution >= 4 is 23.9 Å². The molecule has 47 heavy (non-hydrogen) atoms. The van der Waals surface area contributed by atoms with E-state index in [9.17, 15) is 19.2 Å². The van der Waals surface area contributed by atoms with Gasteiger partial charge in [0, 0.05) is 0 Å². The first kappa shape index (κ1) is 37.6. The summed E-state index contributed by atoms with van der Waals surface area (Å²) < 4.78 is 33.4. The lowest BCUT2D eigenvalue weighted by Crippen LogP contribution is -2.37. The molecule has 0 N–H and O–H groups in total.